The van der Waals surface area contributed by atoms with E-state index >= 15 is 0 Å². The van der Waals surface area contributed by atoms with Crippen molar-refractivity contribution in [3.05, 3.63) is 71.0 Å². The van der Waals surface area contributed by atoms with Crippen molar-refractivity contribution < 1.29 is 17.7 Å². The molecule has 0 saturated carbocycles. The molecule has 2 aromatic heterocycles. The number of pyridine rings is 1. The van der Waals surface area contributed by atoms with E-state index in [1.807, 2.05) is 37.3 Å². The van der Waals surface area contributed by atoms with Crippen molar-refractivity contribution in [2.75, 3.05) is 7.11 Å². The van der Waals surface area contributed by atoms with Gasteiger partial charge in [0.1, 0.15) is 21.5 Å². The van der Waals surface area contributed by atoms with Crippen LogP contribution in [0.5, 0.6) is 5.75 Å². The second-order valence-corrected chi connectivity index (χ2v) is 8.66. The molecule has 0 aliphatic rings. The van der Waals surface area contributed by atoms with Gasteiger partial charge >= 0.3 is 0 Å². The van der Waals surface area contributed by atoms with Gasteiger partial charge in [0.2, 0.25) is 10.0 Å². The molecule has 1 N–H and O–H groups in total. The number of fused-ring (bicyclic) bond motifs is 1. The summed E-state index contributed by atoms with van der Waals surface area (Å²) in [5, 5.41) is 4.73. The van der Waals surface area contributed by atoms with E-state index in [0.29, 0.717) is 22.4 Å². The fourth-order valence-corrected chi connectivity index (χ4v) is 4.70. The van der Waals surface area contributed by atoms with E-state index in [1.54, 1.807) is 18.2 Å². The second kappa shape index (κ2) is 8.06. The Labute approximate surface area is 178 Å². The maximum atomic E-state index is 13.2. The van der Waals surface area contributed by atoms with Crippen molar-refractivity contribution in [3.8, 4) is 17.1 Å². The normalized spacial score (nSPS) is 11.7. The molecule has 9 heteroatoms. The highest BCUT2D eigenvalue weighted by Gasteiger charge is 2.24. The number of ether oxygens (including phenoxy) is 1. The summed E-state index contributed by atoms with van der Waals surface area (Å²) >= 11 is 5.94. The standard InChI is InChI=1S/C21H18ClN3O4S/c1-13-17(25-29-20(13)14-6-4-3-5-7-14)12-23-30(26,27)21-15-8-11-19(22)24-16(15)9-10-18(21)28-2/h3-11,23H,12H2,1-2H3. The first-order valence-corrected chi connectivity index (χ1v) is 10.9. The first-order valence-electron chi connectivity index (χ1n) is 9.04. The zero-order chi connectivity index (χ0) is 21.3. The molecular formula is C21H18ClN3O4S. The SMILES string of the molecule is COc1ccc2nc(Cl)ccc2c1S(=O)(=O)NCc1noc(-c2ccccc2)c1C. The number of hydrogen-bond acceptors (Lipinski definition) is 6. The molecule has 0 radical (unpaired) electrons. The van der Waals surface area contributed by atoms with Crippen LogP contribution in [0.25, 0.3) is 22.2 Å². The number of rotatable bonds is 6. The quantitative estimate of drug-likeness (QED) is 0.445. The Bertz CT molecular complexity index is 1320. The topological polar surface area (TPSA) is 94.3 Å². The third-order valence-corrected chi connectivity index (χ3v) is 6.42. The molecular weight excluding hydrogens is 426 g/mol. The summed E-state index contributed by atoms with van der Waals surface area (Å²) in [4.78, 5) is 4.18. The molecule has 0 saturated heterocycles. The highest BCUT2D eigenvalue weighted by atomic mass is 35.5. The molecule has 2 aromatic carbocycles. The fraction of sp³-hybridized carbons (Fsp3) is 0.143. The zero-order valence-electron chi connectivity index (χ0n) is 16.2. The van der Waals surface area contributed by atoms with Crippen molar-refractivity contribution in [3.63, 3.8) is 0 Å². The maximum absolute atomic E-state index is 13.2. The minimum Gasteiger partial charge on any atom is -0.495 e. The van der Waals surface area contributed by atoms with Gasteiger partial charge in [-0.1, -0.05) is 47.1 Å². The highest BCUT2D eigenvalue weighted by molar-refractivity contribution is 7.89. The van der Waals surface area contributed by atoms with Gasteiger partial charge in [0.15, 0.2) is 5.76 Å². The molecule has 4 rings (SSSR count). The van der Waals surface area contributed by atoms with Crippen LogP contribution in [0.4, 0.5) is 0 Å². The zero-order valence-corrected chi connectivity index (χ0v) is 17.8. The Balaban J connectivity index is 1.67. The molecule has 2 heterocycles. The molecule has 0 atom stereocenters. The highest BCUT2D eigenvalue weighted by Crippen LogP contribution is 2.32. The number of halogens is 1. The van der Waals surface area contributed by atoms with Crippen LogP contribution in [0.15, 0.2) is 64.0 Å². The molecule has 0 fully saturated rings. The smallest absolute Gasteiger partial charge is 0.245 e. The Hall–Kier alpha value is -2.94. The van der Waals surface area contributed by atoms with Crippen LogP contribution < -0.4 is 9.46 Å². The lowest BCUT2D eigenvalue weighted by atomic mass is 10.1. The summed E-state index contributed by atoms with van der Waals surface area (Å²) in [5.41, 5.74) is 2.59. The van der Waals surface area contributed by atoms with Crippen LogP contribution in [-0.4, -0.2) is 25.7 Å². The summed E-state index contributed by atoms with van der Waals surface area (Å²) in [6.45, 7) is 1.80. The van der Waals surface area contributed by atoms with Gasteiger partial charge < -0.3 is 9.26 Å². The number of sulfonamides is 1. The first-order chi connectivity index (χ1) is 14.4. The number of benzene rings is 2. The Morgan fingerprint density at radius 1 is 1.10 bits per heavy atom. The van der Waals surface area contributed by atoms with Crippen LogP contribution in [0.1, 0.15) is 11.3 Å². The van der Waals surface area contributed by atoms with Gasteiger partial charge in [-0.25, -0.2) is 18.1 Å². The van der Waals surface area contributed by atoms with E-state index in [4.69, 9.17) is 20.9 Å². The minimum atomic E-state index is -3.95. The second-order valence-electron chi connectivity index (χ2n) is 6.57. The van der Waals surface area contributed by atoms with Gasteiger partial charge in [0, 0.05) is 16.5 Å². The number of aromatic nitrogens is 2. The average molecular weight is 444 g/mol. The van der Waals surface area contributed by atoms with E-state index in [2.05, 4.69) is 14.9 Å². The van der Waals surface area contributed by atoms with E-state index in [1.165, 1.54) is 13.2 Å². The van der Waals surface area contributed by atoms with Crippen LogP contribution >= 0.6 is 11.6 Å². The summed E-state index contributed by atoms with van der Waals surface area (Å²) < 4.78 is 39.7. The average Bonchev–Trinajstić information content (AvgIpc) is 3.12. The summed E-state index contributed by atoms with van der Waals surface area (Å²) in [5.74, 6) is 0.812. The lowest BCUT2D eigenvalue weighted by molar-refractivity contribution is 0.403. The molecule has 7 nitrogen and oxygen atoms in total. The summed E-state index contributed by atoms with van der Waals surface area (Å²) in [6, 6.07) is 15.9. The van der Waals surface area contributed by atoms with Crippen molar-refractivity contribution in [1.82, 2.24) is 14.9 Å². The molecule has 30 heavy (non-hydrogen) atoms. The number of hydrogen-bond donors (Lipinski definition) is 1. The Morgan fingerprint density at radius 2 is 1.87 bits per heavy atom. The molecule has 0 unspecified atom stereocenters. The van der Waals surface area contributed by atoms with Gasteiger partial charge in [-0.05, 0) is 31.2 Å². The predicted octanol–water partition coefficient (Wildman–Crippen LogP) is 4.34. The van der Waals surface area contributed by atoms with Crippen LogP contribution in [0.3, 0.4) is 0 Å². The Morgan fingerprint density at radius 3 is 2.60 bits per heavy atom. The Kier molecular flexibility index (Phi) is 5.46. The molecule has 0 spiro atoms. The van der Waals surface area contributed by atoms with E-state index < -0.39 is 10.0 Å². The molecule has 0 aliphatic heterocycles. The molecule has 0 bridgehead atoms. The van der Waals surface area contributed by atoms with Gasteiger partial charge in [-0.15, -0.1) is 0 Å². The molecule has 0 aliphatic carbocycles. The van der Waals surface area contributed by atoms with Crippen molar-refractivity contribution >= 4 is 32.5 Å². The van der Waals surface area contributed by atoms with E-state index in [0.717, 1.165) is 11.1 Å². The number of methoxy groups -OCH3 is 1. The summed E-state index contributed by atoms with van der Waals surface area (Å²) in [7, 11) is -2.54. The minimum absolute atomic E-state index is 0.00361. The van der Waals surface area contributed by atoms with Crippen LogP contribution in [-0.2, 0) is 16.6 Å². The maximum Gasteiger partial charge on any atom is 0.245 e. The van der Waals surface area contributed by atoms with Gasteiger partial charge in [-0.2, -0.15) is 0 Å². The predicted molar refractivity (Wildman–Crippen MR) is 114 cm³/mol. The van der Waals surface area contributed by atoms with Crippen molar-refractivity contribution in [2.45, 2.75) is 18.4 Å². The fourth-order valence-electron chi connectivity index (χ4n) is 3.20. The van der Waals surface area contributed by atoms with Gasteiger partial charge in [-0.3, -0.25) is 0 Å². The lowest BCUT2D eigenvalue weighted by Gasteiger charge is -2.13. The van der Waals surface area contributed by atoms with E-state index in [-0.39, 0.29) is 22.3 Å². The van der Waals surface area contributed by atoms with Gasteiger partial charge in [0.05, 0.1) is 19.2 Å². The van der Waals surface area contributed by atoms with Crippen molar-refractivity contribution in [1.29, 1.82) is 0 Å². The first kappa shape index (κ1) is 20.3. The lowest BCUT2D eigenvalue weighted by Crippen LogP contribution is -2.24. The third-order valence-electron chi connectivity index (χ3n) is 4.73. The molecule has 4 aromatic rings. The van der Waals surface area contributed by atoms with E-state index in [9.17, 15) is 8.42 Å². The third kappa shape index (κ3) is 3.77. The monoisotopic (exact) mass is 443 g/mol. The summed E-state index contributed by atoms with van der Waals surface area (Å²) in [6.07, 6.45) is 0. The molecule has 154 valence electrons. The number of nitrogens with zero attached hydrogens (tertiary/aromatic N) is 2. The largest absolute Gasteiger partial charge is 0.495 e. The van der Waals surface area contributed by atoms with Crippen LogP contribution in [0, 0.1) is 6.92 Å². The van der Waals surface area contributed by atoms with Crippen molar-refractivity contribution in [2.24, 2.45) is 0 Å². The molecule has 0 amide bonds. The van der Waals surface area contributed by atoms with Crippen LogP contribution in [0.2, 0.25) is 5.15 Å². The number of nitrogens with one attached hydrogen (secondary N) is 1. The van der Waals surface area contributed by atoms with Gasteiger partial charge in [0.25, 0.3) is 0 Å².